The van der Waals surface area contributed by atoms with Crippen LogP contribution in [0.5, 0.6) is 23.0 Å². The maximum absolute atomic E-state index is 12.9. The number of rotatable bonds is 14. The molecule has 238 valence electrons. The van der Waals surface area contributed by atoms with E-state index in [0.717, 1.165) is 21.8 Å². The van der Waals surface area contributed by atoms with Crippen LogP contribution in [0.25, 0.3) is 0 Å². The average molecular weight is 610 g/mol. The van der Waals surface area contributed by atoms with Crippen molar-refractivity contribution in [3.05, 3.63) is 82.4 Å². The molecule has 0 aromatic heterocycles. The number of ether oxygens (including phenoxy) is 6. The topological polar surface area (TPSA) is 113 Å². The lowest BCUT2D eigenvalue weighted by Crippen LogP contribution is -2.46. The third-order valence-electron chi connectivity index (χ3n) is 6.94. The number of likely N-dealkylation sites (N-methyl/N-ethyl adjacent to an activating group) is 1. The zero-order valence-corrected chi connectivity index (χ0v) is 26.8. The number of carbonyl (C=O) groups excluding carboxylic acids is 1. The Morgan fingerprint density at radius 3 is 1.95 bits per heavy atom. The lowest BCUT2D eigenvalue weighted by molar-refractivity contribution is -0.142. The van der Waals surface area contributed by atoms with Crippen LogP contribution in [0.4, 0.5) is 4.79 Å². The molecule has 3 rings (SSSR count). The highest BCUT2D eigenvalue weighted by Gasteiger charge is 2.34. The second-order valence-electron chi connectivity index (χ2n) is 11.2. The first-order valence-corrected chi connectivity index (χ1v) is 14.2. The lowest BCUT2D eigenvalue weighted by Gasteiger charge is -2.30. The van der Waals surface area contributed by atoms with Crippen LogP contribution in [-0.2, 0) is 40.5 Å². The molecular weight excluding hydrogens is 566 g/mol. The summed E-state index contributed by atoms with van der Waals surface area (Å²) in [5.41, 5.74) is 2.74. The number of carboxylic acid groups (broad SMARTS) is 1. The number of hydrogen-bond donors (Lipinski definition) is 1. The Labute approximate surface area is 259 Å². The molecule has 3 aromatic rings. The summed E-state index contributed by atoms with van der Waals surface area (Å²) in [6.45, 7) is 7.51. The molecule has 0 aliphatic carbocycles. The molecule has 0 aliphatic rings. The summed E-state index contributed by atoms with van der Waals surface area (Å²) in [6, 6.07) is 15.9. The van der Waals surface area contributed by atoms with E-state index in [4.69, 9.17) is 28.4 Å². The van der Waals surface area contributed by atoms with Gasteiger partial charge in [0.2, 0.25) is 0 Å². The molecule has 0 saturated heterocycles. The van der Waals surface area contributed by atoms with Gasteiger partial charge in [-0.05, 0) is 51.0 Å². The van der Waals surface area contributed by atoms with E-state index in [1.165, 1.54) is 21.3 Å². The van der Waals surface area contributed by atoms with Crippen LogP contribution in [-0.4, -0.2) is 62.1 Å². The smallest absolute Gasteiger partial charge is 0.410 e. The SMILES string of the molecule is COc1ccc(COCc2c(CC(C(=O)O)N(C)C(=O)OC(C)(C)C)c(OC)c(C)c(OC)c2OCc2ccccc2)cc1. The first-order chi connectivity index (χ1) is 20.9. The van der Waals surface area contributed by atoms with Gasteiger partial charge in [0.05, 0.1) is 34.5 Å². The van der Waals surface area contributed by atoms with Gasteiger partial charge >= 0.3 is 12.1 Å². The molecule has 0 fully saturated rings. The number of carbonyl (C=O) groups is 2. The Morgan fingerprint density at radius 1 is 0.795 bits per heavy atom. The van der Waals surface area contributed by atoms with Crippen LogP contribution < -0.4 is 18.9 Å². The van der Waals surface area contributed by atoms with Crippen LogP contribution in [0.15, 0.2) is 54.6 Å². The van der Waals surface area contributed by atoms with E-state index in [2.05, 4.69) is 0 Å². The van der Waals surface area contributed by atoms with E-state index in [1.807, 2.05) is 61.5 Å². The second kappa shape index (κ2) is 15.3. The fourth-order valence-electron chi connectivity index (χ4n) is 4.72. The van der Waals surface area contributed by atoms with Gasteiger partial charge in [-0.3, -0.25) is 4.90 Å². The van der Waals surface area contributed by atoms with Crippen LogP contribution >= 0.6 is 0 Å². The molecule has 0 heterocycles. The van der Waals surface area contributed by atoms with Crippen LogP contribution in [0.2, 0.25) is 0 Å². The summed E-state index contributed by atoms with van der Waals surface area (Å²) in [6.07, 6.45) is -0.867. The molecule has 1 N–H and O–H groups in total. The van der Waals surface area contributed by atoms with Gasteiger partial charge in [-0.1, -0.05) is 42.5 Å². The molecule has 10 nitrogen and oxygen atoms in total. The molecule has 3 aromatic carbocycles. The van der Waals surface area contributed by atoms with Crippen molar-refractivity contribution >= 4 is 12.1 Å². The van der Waals surface area contributed by atoms with Crippen molar-refractivity contribution in [2.45, 2.75) is 65.6 Å². The highest BCUT2D eigenvalue weighted by Crippen LogP contribution is 2.45. The van der Waals surface area contributed by atoms with Crippen LogP contribution in [0.3, 0.4) is 0 Å². The van der Waals surface area contributed by atoms with Crippen molar-refractivity contribution in [1.82, 2.24) is 4.90 Å². The number of carboxylic acids is 1. The van der Waals surface area contributed by atoms with E-state index in [1.54, 1.807) is 27.9 Å². The standard InChI is InChI=1S/C34H43NO9/c1-22-29(40-7)26(18-28(32(36)37)35(5)33(38)44-34(2,3)4)27(21-42-19-24-14-16-25(39-6)17-15-24)31(30(22)41-8)43-20-23-12-10-9-11-13-23/h9-17,28H,18-21H2,1-8H3,(H,36,37). The third-order valence-corrected chi connectivity index (χ3v) is 6.94. The number of benzene rings is 3. The molecule has 0 radical (unpaired) electrons. The fraction of sp³-hybridized carbons (Fsp3) is 0.412. The van der Waals surface area contributed by atoms with Crippen molar-refractivity contribution in [2.75, 3.05) is 28.4 Å². The molecule has 0 bridgehead atoms. The van der Waals surface area contributed by atoms with Gasteiger partial charge in [-0.15, -0.1) is 0 Å². The number of aliphatic carboxylic acids is 1. The first kappa shape index (κ1) is 34.1. The minimum atomic E-state index is -1.28. The second-order valence-corrected chi connectivity index (χ2v) is 11.2. The maximum Gasteiger partial charge on any atom is 0.410 e. The van der Waals surface area contributed by atoms with E-state index in [-0.39, 0.29) is 26.2 Å². The summed E-state index contributed by atoms with van der Waals surface area (Å²) >= 11 is 0. The third kappa shape index (κ3) is 8.79. The van der Waals surface area contributed by atoms with Gasteiger partial charge in [0.1, 0.15) is 29.7 Å². The minimum absolute atomic E-state index is 0.0426. The maximum atomic E-state index is 12.9. The summed E-state index contributed by atoms with van der Waals surface area (Å²) < 4.78 is 34.9. The van der Waals surface area contributed by atoms with Gasteiger partial charge in [0.15, 0.2) is 11.5 Å². The number of amides is 1. The van der Waals surface area contributed by atoms with E-state index in [0.29, 0.717) is 33.9 Å². The first-order valence-electron chi connectivity index (χ1n) is 14.2. The van der Waals surface area contributed by atoms with Crippen molar-refractivity contribution in [3.8, 4) is 23.0 Å². The highest BCUT2D eigenvalue weighted by atomic mass is 16.6. The number of nitrogens with zero attached hydrogens (tertiary/aromatic N) is 1. The minimum Gasteiger partial charge on any atom is -0.497 e. The molecular formula is C34H43NO9. The zero-order chi connectivity index (χ0) is 32.4. The number of hydrogen-bond acceptors (Lipinski definition) is 8. The molecule has 1 unspecified atom stereocenters. The van der Waals surface area contributed by atoms with Crippen LogP contribution in [0, 0.1) is 6.92 Å². The van der Waals surface area contributed by atoms with Gasteiger partial charge in [-0.2, -0.15) is 0 Å². The summed E-state index contributed by atoms with van der Waals surface area (Å²) in [7, 11) is 6.05. The molecule has 1 amide bonds. The summed E-state index contributed by atoms with van der Waals surface area (Å²) in [5.74, 6) is 0.793. The molecule has 0 aliphatic heterocycles. The average Bonchev–Trinajstić information content (AvgIpc) is 2.99. The van der Waals surface area contributed by atoms with E-state index in [9.17, 15) is 14.7 Å². The Bertz CT molecular complexity index is 1400. The monoisotopic (exact) mass is 609 g/mol. The number of methoxy groups -OCH3 is 3. The summed E-state index contributed by atoms with van der Waals surface area (Å²) in [5, 5.41) is 10.3. The Morgan fingerprint density at radius 2 is 1.41 bits per heavy atom. The molecule has 0 saturated carbocycles. The van der Waals surface area contributed by atoms with Gasteiger partial charge < -0.3 is 33.5 Å². The fourth-order valence-corrected chi connectivity index (χ4v) is 4.72. The van der Waals surface area contributed by atoms with Crippen molar-refractivity contribution in [2.24, 2.45) is 0 Å². The van der Waals surface area contributed by atoms with E-state index >= 15 is 0 Å². The quantitative estimate of drug-likeness (QED) is 0.229. The largest absolute Gasteiger partial charge is 0.497 e. The molecule has 0 spiro atoms. The van der Waals surface area contributed by atoms with Gasteiger partial charge in [-0.25, -0.2) is 9.59 Å². The zero-order valence-electron chi connectivity index (χ0n) is 26.8. The molecule has 1 atom stereocenters. The van der Waals surface area contributed by atoms with Crippen molar-refractivity contribution in [3.63, 3.8) is 0 Å². The predicted octanol–water partition coefficient (Wildman–Crippen LogP) is 6.18. The van der Waals surface area contributed by atoms with Gasteiger partial charge in [0.25, 0.3) is 0 Å². The van der Waals surface area contributed by atoms with Crippen LogP contribution in [0.1, 0.15) is 48.6 Å². The highest BCUT2D eigenvalue weighted by molar-refractivity contribution is 5.81. The normalized spacial score (nSPS) is 11.8. The Hall–Kier alpha value is -4.44. The Kier molecular flexibility index (Phi) is 11.9. The lowest BCUT2D eigenvalue weighted by atomic mass is 9.94. The summed E-state index contributed by atoms with van der Waals surface area (Å²) in [4.78, 5) is 26.6. The van der Waals surface area contributed by atoms with Crippen molar-refractivity contribution < 1.29 is 43.1 Å². The predicted molar refractivity (Wildman–Crippen MR) is 166 cm³/mol. The molecule has 10 heteroatoms. The van der Waals surface area contributed by atoms with E-state index < -0.39 is 23.7 Å². The van der Waals surface area contributed by atoms with Gasteiger partial charge in [0, 0.05) is 30.2 Å². The Balaban J connectivity index is 2.10. The molecule has 44 heavy (non-hydrogen) atoms. The van der Waals surface area contributed by atoms with Crippen molar-refractivity contribution in [1.29, 1.82) is 0 Å².